The van der Waals surface area contributed by atoms with Gasteiger partial charge < -0.3 is 15.5 Å². The van der Waals surface area contributed by atoms with Gasteiger partial charge in [0.05, 0.1) is 0 Å². The lowest BCUT2D eigenvalue weighted by molar-refractivity contribution is -0.127. The van der Waals surface area contributed by atoms with Crippen molar-refractivity contribution >= 4 is 11.9 Å². The van der Waals surface area contributed by atoms with Crippen molar-refractivity contribution in [3.8, 4) is 0 Å². The summed E-state index contributed by atoms with van der Waals surface area (Å²) in [4.78, 5) is 17.4. The highest BCUT2D eigenvalue weighted by Crippen LogP contribution is 2.01. The lowest BCUT2D eigenvalue weighted by atomic mass is 10.1. The van der Waals surface area contributed by atoms with Crippen LogP contribution in [0.1, 0.15) is 18.9 Å². The summed E-state index contributed by atoms with van der Waals surface area (Å²) in [6.45, 7) is 3.79. The molecule has 116 valence electrons. The van der Waals surface area contributed by atoms with Crippen LogP contribution in [0.3, 0.4) is 0 Å². The molecule has 0 fully saturated rings. The summed E-state index contributed by atoms with van der Waals surface area (Å²) in [5.41, 5.74) is 1.34. The molecule has 0 saturated carbocycles. The van der Waals surface area contributed by atoms with Crippen LogP contribution >= 0.6 is 0 Å². The molecule has 0 heterocycles. The summed E-state index contributed by atoms with van der Waals surface area (Å²) >= 11 is 0. The van der Waals surface area contributed by atoms with Gasteiger partial charge in [-0.2, -0.15) is 0 Å². The third-order valence-corrected chi connectivity index (χ3v) is 2.99. The molecule has 0 aliphatic rings. The second-order valence-electron chi connectivity index (χ2n) is 5.00. The number of aliphatic imine (C=N–C) groups is 1. The minimum Gasteiger partial charge on any atom is -0.357 e. The Hall–Kier alpha value is -2.04. The quantitative estimate of drug-likeness (QED) is 0.451. The Labute approximate surface area is 127 Å². The van der Waals surface area contributed by atoms with E-state index in [2.05, 4.69) is 39.9 Å². The van der Waals surface area contributed by atoms with E-state index in [4.69, 9.17) is 0 Å². The Bertz CT molecular complexity index is 443. The second kappa shape index (κ2) is 9.80. The second-order valence-corrected chi connectivity index (χ2v) is 5.00. The molecule has 1 aromatic carbocycles. The number of nitrogens with one attached hydrogen (secondary N) is 2. The van der Waals surface area contributed by atoms with E-state index in [1.165, 1.54) is 5.56 Å². The van der Waals surface area contributed by atoms with E-state index in [0.29, 0.717) is 5.96 Å². The first kappa shape index (κ1) is 17.0. The molecule has 0 bridgehead atoms. The van der Waals surface area contributed by atoms with Crippen LogP contribution in [0.4, 0.5) is 0 Å². The minimum absolute atomic E-state index is 0.00325. The molecule has 1 rings (SSSR count). The normalized spacial score (nSPS) is 11.1. The molecule has 0 unspecified atom stereocenters. The number of aryl methyl sites for hydroxylation is 1. The number of benzene rings is 1. The van der Waals surface area contributed by atoms with E-state index >= 15 is 0 Å². The van der Waals surface area contributed by atoms with Gasteiger partial charge in [0.25, 0.3) is 0 Å². The molecule has 1 amide bonds. The molecule has 0 aromatic heterocycles. The van der Waals surface area contributed by atoms with Gasteiger partial charge in [-0.05, 0) is 25.3 Å². The fourth-order valence-corrected chi connectivity index (χ4v) is 1.77. The Morgan fingerprint density at radius 2 is 1.90 bits per heavy atom. The number of carbonyl (C=O) groups excluding carboxylic acids is 1. The first-order chi connectivity index (χ1) is 10.1. The van der Waals surface area contributed by atoms with Crippen molar-refractivity contribution in [2.75, 3.05) is 33.7 Å². The average molecular weight is 290 g/mol. The number of nitrogens with zero attached hydrogens (tertiary/aromatic N) is 2. The third kappa shape index (κ3) is 7.34. The summed E-state index contributed by atoms with van der Waals surface area (Å²) in [6, 6.07) is 10.4. The van der Waals surface area contributed by atoms with Crippen molar-refractivity contribution in [1.29, 1.82) is 0 Å². The summed E-state index contributed by atoms with van der Waals surface area (Å²) in [5.74, 6) is 0.692. The minimum atomic E-state index is -0.00325. The fraction of sp³-hybridized carbons (Fsp3) is 0.500. The highest BCUT2D eigenvalue weighted by atomic mass is 16.2. The number of carbonyl (C=O) groups is 1. The molecule has 0 saturated heterocycles. The molecular formula is C16H26N4O. The fourth-order valence-electron chi connectivity index (χ4n) is 1.77. The van der Waals surface area contributed by atoms with Crippen LogP contribution in [0.25, 0.3) is 0 Å². The lowest BCUT2D eigenvalue weighted by Gasteiger charge is -2.12. The van der Waals surface area contributed by atoms with Gasteiger partial charge in [-0.25, -0.2) is 4.99 Å². The number of likely N-dealkylation sites (N-methyl/N-ethyl adjacent to an activating group) is 1. The van der Waals surface area contributed by atoms with Gasteiger partial charge in [0.2, 0.25) is 5.91 Å². The van der Waals surface area contributed by atoms with Crippen molar-refractivity contribution in [2.45, 2.75) is 19.8 Å². The van der Waals surface area contributed by atoms with Gasteiger partial charge in [0.1, 0.15) is 6.54 Å². The molecule has 5 nitrogen and oxygen atoms in total. The maximum absolute atomic E-state index is 11.5. The molecule has 5 heteroatoms. The van der Waals surface area contributed by atoms with E-state index in [1.54, 1.807) is 19.0 Å². The SMILES string of the molecule is CCNC(=NCC(=O)N(C)C)NCCCc1ccccc1. The van der Waals surface area contributed by atoms with Crippen LogP contribution in [0, 0.1) is 0 Å². The number of hydrogen-bond donors (Lipinski definition) is 2. The van der Waals surface area contributed by atoms with Gasteiger partial charge in [0, 0.05) is 27.2 Å². The van der Waals surface area contributed by atoms with Crippen LogP contribution in [0.15, 0.2) is 35.3 Å². The zero-order chi connectivity index (χ0) is 15.5. The standard InChI is InChI=1S/C16H26N4O/c1-4-17-16(19-13-15(21)20(2)3)18-12-8-11-14-9-6-5-7-10-14/h5-7,9-10H,4,8,11-13H2,1-3H3,(H2,17,18,19). The van der Waals surface area contributed by atoms with Crippen LogP contribution in [0.2, 0.25) is 0 Å². The molecule has 0 atom stereocenters. The van der Waals surface area contributed by atoms with Crippen molar-refractivity contribution < 1.29 is 4.79 Å². The Morgan fingerprint density at radius 3 is 2.52 bits per heavy atom. The molecule has 0 spiro atoms. The topological polar surface area (TPSA) is 56.7 Å². The highest BCUT2D eigenvalue weighted by molar-refractivity contribution is 5.84. The molecule has 0 aliphatic carbocycles. The van der Waals surface area contributed by atoms with E-state index in [-0.39, 0.29) is 12.5 Å². The van der Waals surface area contributed by atoms with Gasteiger partial charge in [-0.15, -0.1) is 0 Å². The Balaban J connectivity index is 2.33. The van der Waals surface area contributed by atoms with Crippen LogP contribution < -0.4 is 10.6 Å². The maximum atomic E-state index is 11.5. The smallest absolute Gasteiger partial charge is 0.243 e. The van der Waals surface area contributed by atoms with Crippen molar-refractivity contribution in [3.05, 3.63) is 35.9 Å². The predicted molar refractivity (Wildman–Crippen MR) is 87.4 cm³/mol. The number of rotatable bonds is 7. The molecule has 2 N–H and O–H groups in total. The van der Waals surface area contributed by atoms with Crippen molar-refractivity contribution in [3.63, 3.8) is 0 Å². The van der Waals surface area contributed by atoms with Crippen LogP contribution in [0.5, 0.6) is 0 Å². The maximum Gasteiger partial charge on any atom is 0.243 e. The zero-order valence-electron chi connectivity index (χ0n) is 13.2. The van der Waals surface area contributed by atoms with Gasteiger partial charge in [-0.3, -0.25) is 4.79 Å². The highest BCUT2D eigenvalue weighted by Gasteiger charge is 2.03. The summed E-state index contributed by atoms with van der Waals surface area (Å²) in [5, 5.41) is 6.40. The van der Waals surface area contributed by atoms with Gasteiger partial charge in [0.15, 0.2) is 5.96 Å². The first-order valence-electron chi connectivity index (χ1n) is 7.39. The first-order valence-corrected chi connectivity index (χ1v) is 7.39. The average Bonchev–Trinajstić information content (AvgIpc) is 2.49. The molecule has 0 aliphatic heterocycles. The summed E-state index contributed by atoms with van der Waals surface area (Å²) in [6.07, 6.45) is 2.06. The van der Waals surface area contributed by atoms with Crippen LogP contribution in [-0.4, -0.2) is 50.5 Å². The zero-order valence-corrected chi connectivity index (χ0v) is 13.2. The number of guanidine groups is 1. The molecule has 1 aromatic rings. The Morgan fingerprint density at radius 1 is 1.19 bits per heavy atom. The summed E-state index contributed by atoms with van der Waals surface area (Å²) < 4.78 is 0. The molecular weight excluding hydrogens is 264 g/mol. The van der Waals surface area contributed by atoms with Gasteiger partial charge in [-0.1, -0.05) is 30.3 Å². The number of hydrogen-bond acceptors (Lipinski definition) is 2. The van der Waals surface area contributed by atoms with Crippen molar-refractivity contribution in [1.82, 2.24) is 15.5 Å². The van der Waals surface area contributed by atoms with Crippen molar-refractivity contribution in [2.24, 2.45) is 4.99 Å². The van der Waals surface area contributed by atoms with E-state index in [9.17, 15) is 4.79 Å². The summed E-state index contributed by atoms with van der Waals surface area (Å²) in [7, 11) is 3.47. The van der Waals surface area contributed by atoms with Gasteiger partial charge >= 0.3 is 0 Å². The van der Waals surface area contributed by atoms with Crippen LogP contribution in [-0.2, 0) is 11.2 Å². The largest absolute Gasteiger partial charge is 0.357 e. The van der Waals surface area contributed by atoms with E-state index in [0.717, 1.165) is 25.9 Å². The molecule has 0 radical (unpaired) electrons. The Kier molecular flexibility index (Phi) is 7.94. The number of amides is 1. The molecule has 21 heavy (non-hydrogen) atoms. The third-order valence-electron chi connectivity index (χ3n) is 2.99. The predicted octanol–water partition coefficient (Wildman–Crippen LogP) is 1.26. The monoisotopic (exact) mass is 290 g/mol. The van der Waals surface area contributed by atoms with E-state index < -0.39 is 0 Å². The van der Waals surface area contributed by atoms with E-state index in [1.807, 2.05) is 13.0 Å². The lowest BCUT2D eigenvalue weighted by Crippen LogP contribution is -2.39.